The fourth-order valence-electron chi connectivity index (χ4n) is 3.32. The Kier molecular flexibility index (Phi) is 9.07. The average Bonchev–Trinajstić information content (AvgIpc) is 2.70. The van der Waals surface area contributed by atoms with Crippen molar-refractivity contribution in [2.24, 2.45) is 5.92 Å². The highest BCUT2D eigenvalue weighted by atomic mass is 16.7. The lowest BCUT2D eigenvalue weighted by Gasteiger charge is -2.43. The number of esters is 2. The highest BCUT2D eigenvalue weighted by Gasteiger charge is 2.47. The molecule has 1 aromatic carbocycles. The summed E-state index contributed by atoms with van der Waals surface area (Å²) in [6, 6.07) is 5.90. The molecule has 1 aliphatic heterocycles. The van der Waals surface area contributed by atoms with Crippen molar-refractivity contribution in [2.75, 3.05) is 18.5 Å². The number of hydrogen-bond acceptors (Lipinski definition) is 9. The van der Waals surface area contributed by atoms with E-state index < -0.39 is 36.5 Å². The molecule has 0 unspecified atom stereocenters. The Bertz CT molecular complexity index is 752. The molecule has 31 heavy (non-hydrogen) atoms. The molecule has 0 bridgehead atoms. The number of anilines is 1. The van der Waals surface area contributed by atoms with Crippen molar-refractivity contribution >= 4 is 23.7 Å². The Morgan fingerprint density at radius 3 is 2.23 bits per heavy atom. The maximum atomic E-state index is 11.9. The zero-order valence-corrected chi connectivity index (χ0v) is 18.0. The first-order valence-corrected chi connectivity index (χ1v) is 10.1. The van der Waals surface area contributed by atoms with Crippen LogP contribution in [-0.2, 0) is 33.3 Å². The van der Waals surface area contributed by atoms with Crippen LogP contribution in [0.1, 0.15) is 34.1 Å². The van der Waals surface area contributed by atoms with Gasteiger partial charge in [0.2, 0.25) is 0 Å². The molecule has 0 radical (unpaired) electrons. The predicted molar refractivity (Wildman–Crippen MR) is 108 cm³/mol. The molecule has 1 aromatic rings. The van der Waals surface area contributed by atoms with Crippen molar-refractivity contribution < 1.29 is 43.2 Å². The van der Waals surface area contributed by atoms with E-state index in [4.69, 9.17) is 23.7 Å². The average molecular weight is 439 g/mol. The van der Waals surface area contributed by atoms with Crippen LogP contribution in [0.3, 0.4) is 0 Å². The summed E-state index contributed by atoms with van der Waals surface area (Å²) in [5.74, 6) is -1.20. The first kappa shape index (κ1) is 24.4. The Morgan fingerprint density at radius 1 is 1.03 bits per heavy atom. The van der Waals surface area contributed by atoms with E-state index in [2.05, 4.69) is 5.32 Å². The van der Waals surface area contributed by atoms with Crippen LogP contribution in [0.4, 0.5) is 10.5 Å². The van der Waals surface area contributed by atoms with Gasteiger partial charge < -0.3 is 28.8 Å². The van der Waals surface area contributed by atoms with Crippen molar-refractivity contribution in [1.29, 1.82) is 0 Å². The van der Waals surface area contributed by atoms with Gasteiger partial charge in [-0.25, -0.2) is 4.79 Å². The molecule has 1 fully saturated rings. The number of benzene rings is 1. The van der Waals surface area contributed by atoms with E-state index in [9.17, 15) is 19.5 Å². The number of carbonyl (C=O) groups excluding carboxylic acids is 3. The molecule has 1 amide bonds. The molecule has 10 nitrogen and oxygen atoms in total. The van der Waals surface area contributed by atoms with Gasteiger partial charge in [-0.1, -0.05) is 13.8 Å². The van der Waals surface area contributed by atoms with E-state index in [-0.39, 0.29) is 31.0 Å². The number of carbonyl (C=O) groups is 3. The third-order valence-electron chi connectivity index (χ3n) is 4.72. The van der Waals surface area contributed by atoms with Crippen LogP contribution < -0.4 is 5.32 Å². The number of nitrogens with one attached hydrogen (secondary N) is 1. The maximum Gasteiger partial charge on any atom is 0.411 e. The van der Waals surface area contributed by atoms with Crippen molar-refractivity contribution in [3.63, 3.8) is 0 Å². The summed E-state index contributed by atoms with van der Waals surface area (Å²) >= 11 is 0. The highest BCUT2D eigenvalue weighted by Crippen LogP contribution is 2.32. The monoisotopic (exact) mass is 439 g/mol. The van der Waals surface area contributed by atoms with Gasteiger partial charge in [0.05, 0.1) is 12.7 Å². The Morgan fingerprint density at radius 2 is 1.65 bits per heavy atom. The maximum absolute atomic E-state index is 11.9. The third kappa shape index (κ3) is 7.41. The van der Waals surface area contributed by atoms with Crippen molar-refractivity contribution in [3.05, 3.63) is 24.3 Å². The molecule has 1 saturated heterocycles. The van der Waals surface area contributed by atoms with Gasteiger partial charge in [-0.15, -0.1) is 0 Å². The Hall–Kier alpha value is -2.85. The van der Waals surface area contributed by atoms with Crippen molar-refractivity contribution in [3.8, 4) is 5.75 Å². The molecular weight excluding hydrogens is 410 g/mol. The zero-order valence-electron chi connectivity index (χ0n) is 18.0. The van der Waals surface area contributed by atoms with E-state index in [1.807, 2.05) is 13.8 Å². The molecule has 172 valence electrons. The Balaban J connectivity index is 1.93. The largest absolute Gasteiger partial charge is 0.508 e. The lowest BCUT2D eigenvalue weighted by molar-refractivity contribution is -0.291. The second-order valence-corrected chi connectivity index (χ2v) is 7.14. The fourth-order valence-corrected chi connectivity index (χ4v) is 3.32. The minimum atomic E-state index is -0.988. The number of phenols is 1. The summed E-state index contributed by atoms with van der Waals surface area (Å²) in [6.45, 7) is 6.17. The fraction of sp³-hybridized carbons (Fsp3) is 0.571. The van der Waals surface area contributed by atoms with Gasteiger partial charge >= 0.3 is 18.0 Å². The molecule has 0 saturated carbocycles. The smallest absolute Gasteiger partial charge is 0.411 e. The summed E-state index contributed by atoms with van der Waals surface area (Å²) < 4.78 is 27.4. The molecule has 1 aliphatic rings. The van der Waals surface area contributed by atoms with Crippen molar-refractivity contribution in [2.45, 2.75) is 58.7 Å². The second kappa shape index (κ2) is 11.5. The molecule has 10 heteroatoms. The first-order valence-electron chi connectivity index (χ1n) is 10.1. The van der Waals surface area contributed by atoms with Crippen LogP contribution >= 0.6 is 0 Å². The summed E-state index contributed by atoms with van der Waals surface area (Å²) in [6.07, 6.45) is -3.02. The summed E-state index contributed by atoms with van der Waals surface area (Å²) in [7, 11) is 0. The lowest BCUT2D eigenvalue weighted by atomic mass is 9.89. The van der Waals surface area contributed by atoms with Gasteiger partial charge in [-0.2, -0.15) is 0 Å². The Labute approximate surface area is 180 Å². The standard InChI is InChI=1S/C21H29NO9/c1-5-17-12(2)18(29-13(3)23)19(30-14(4)24)20(31-17)27-10-11-28-21(26)22-15-6-8-16(25)9-7-15/h6-9,12,17-20,25H,5,10-11H2,1-4H3,(H,22,26)/t12-,17-,18+,19-,20-/m1/s1. The normalized spacial score (nSPS) is 25.4. The summed E-state index contributed by atoms with van der Waals surface area (Å²) in [4.78, 5) is 35.0. The van der Waals surface area contributed by atoms with E-state index >= 15 is 0 Å². The topological polar surface area (TPSA) is 130 Å². The molecular formula is C21H29NO9. The molecule has 1 heterocycles. The summed E-state index contributed by atoms with van der Waals surface area (Å²) in [5, 5.41) is 11.8. The molecule has 5 atom stereocenters. The zero-order chi connectivity index (χ0) is 23.0. The van der Waals surface area contributed by atoms with Gasteiger partial charge in [0, 0.05) is 25.5 Å². The minimum Gasteiger partial charge on any atom is -0.508 e. The molecule has 2 N–H and O–H groups in total. The van der Waals surface area contributed by atoms with Crippen LogP contribution in [0, 0.1) is 5.92 Å². The van der Waals surface area contributed by atoms with Gasteiger partial charge in [-0.3, -0.25) is 14.9 Å². The van der Waals surface area contributed by atoms with E-state index in [0.717, 1.165) is 0 Å². The molecule has 0 aromatic heterocycles. The van der Waals surface area contributed by atoms with E-state index in [0.29, 0.717) is 12.1 Å². The highest BCUT2D eigenvalue weighted by molar-refractivity contribution is 5.84. The number of amides is 1. The number of phenolic OH excluding ortho intramolecular Hbond substituents is 1. The van der Waals surface area contributed by atoms with E-state index in [1.54, 1.807) is 0 Å². The number of hydrogen-bond donors (Lipinski definition) is 2. The minimum absolute atomic E-state index is 0.0387. The van der Waals surface area contributed by atoms with Crippen LogP contribution in [-0.4, -0.2) is 61.0 Å². The molecule has 0 aliphatic carbocycles. The van der Waals surface area contributed by atoms with Gasteiger partial charge in [0.25, 0.3) is 0 Å². The summed E-state index contributed by atoms with van der Waals surface area (Å²) in [5.41, 5.74) is 0.457. The van der Waals surface area contributed by atoms with Crippen LogP contribution in [0.5, 0.6) is 5.75 Å². The lowest BCUT2D eigenvalue weighted by Crippen LogP contribution is -2.57. The van der Waals surface area contributed by atoms with E-state index in [1.165, 1.54) is 38.1 Å². The van der Waals surface area contributed by atoms with Crippen LogP contribution in [0.15, 0.2) is 24.3 Å². The second-order valence-electron chi connectivity index (χ2n) is 7.14. The van der Waals surface area contributed by atoms with Gasteiger partial charge in [0.15, 0.2) is 12.4 Å². The first-order chi connectivity index (χ1) is 14.7. The van der Waals surface area contributed by atoms with Crippen molar-refractivity contribution in [1.82, 2.24) is 0 Å². The molecule has 2 rings (SSSR count). The molecule has 0 spiro atoms. The SMILES string of the molecule is CC[C@H]1O[C@@H](OCCOC(=O)Nc2ccc(O)cc2)[C@H](OC(C)=O)[C@@H](OC(C)=O)[C@@H]1C. The number of rotatable bonds is 8. The quantitative estimate of drug-likeness (QED) is 0.272. The van der Waals surface area contributed by atoms with Gasteiger partial charge in [-0.05, 0) is 30.7 Å². The predicted octanol–water partition coefficient (Wildman–Crippen LogP) is 2.59. The van der Waals surface area contributed by atoms with Crippen LogP contribution in [0.2, 0.25) is 0 Å². The number of aromatic hydroxyl groups is 1. The third-order valence-corrected chi connectivity index (χ3v) is 4.72. The van der Waals surface area contributed by atoms with Crippen LogP contribution in [0.25, 0.3) is 0 Å². The van der Waals surface area contributed by atoms with Gasteiger partial charge in [0.1, 0.15) is 18.5 Å². The number of ether oxygens (including phenoxy) is 5.